The minimum Gasteiger partial charge on any atom is -0.465 e. The minimum atomic E-state index is -0.539. The number of carbonyl (C=O) groups is 2. The third kappa shape index (κ3) is 3.90. The fourth-order valence-electron chi connectivity index (χ4n) is 4.18. The van der Waals surface area contributed by atoms with Crippen molar-refractivity contribution in [3.8, 4) is 0 Å². The molecule has 0 N–H and O–H groups in total. The predicted octanol–water partition coefficient (Wildman–Crippen LogP) is 4.77. The fourth-order valence-corrected chi connectivity index (χ4v) is 4.18. The summed E-state index contributed by atoms with van der Waals surface area (Å²) in [6.45, 7) is 10.5. The number of esters is 1. The van der Waals surface area contributed by atoms with Gasteiger partial charge in [0.2, 0.25) is 0 Å². The standard InChI is InChI=1S/C23H29NO3/c1-6-11-27-22(26)19-15(3)24-17-12-23(4,5)13-18(25)21(17)20(19)16-9-7-14(2)8-10-16/h7-10,19-20H,6,11-13H2,1-5H3/t19?,20-/m1/s1. The number of ketones is 1. The van der Waals surface area contributed by atoms with Crippen molar-refractivity contribution in [1.82, 2.24) is 0 Å². The van der Waals surface area contributed by atoms with Crippen LogP contribution in [0.3, 0.4) is 0 Å². The molecule has 0 saturated heterocycles. The Morgan fingerprint density at radius 2 is 1.85 bits per heavy atom. The molecule has 1 aliphatic carbocycles. The second kappa shape index (κ2) is 7.41. The molecule has 2 aliphatic rings. The summed E-state index contributed by atoms with van der Waals surface area (Å²) in [6.07, 6.45) is 2.01. The lowest BCUT2D eigenvalue weighted by Gasteiger charge is -2.39. The zero-order chi connectivity index (χ0) is 19.8. The van der Waals surface area contributed by atoms with Gasteiger partial charge in [0.1, 0.15) is 5.92 Å². The van der Waals surface area contributed by atoms with E-state index in [0.717, 1.165) is 35.4 Å². The van der Waals surface area contributed by atoms with E-state index in [1.165, 1.54) is 0 Å². The van der Waals surface area contributed by atoms with Gasteiger partial charge in [-0.3, -0.25) is 14.6 Å². The van der Waals surface area contributed by atoms with Crippen LogP contribution in [0.1, 0.15) is 64.0 Å². The largest absolute Gasteiger partial charge is 0.465 e. The molecule has 4 heteroatoms. The summed E-state index contributed by atoms with van der Waals surface area (Å²) < 4.78 is 5.48. The number of benzene rings is 1. The molecule has 2 atom stereocenters. The van der Waals surface area contributed by atoms with E-state index in [2.05, 4.69) is 13.8 Å². The minimum absolute atomic E-state index is 0.104. The highest BCUT2D eigenvalue weighted by molar-refractivity contribution is 6.09. The Kier molecular flexibility index (Phi) is 5.36. The van der Waals surface area contributed by atoms with Crippen LogP contribution >= 0.6 is 0 Å². The van der Waals surface area contributed by atoms with E-state index in [1.54, 1.807) is 0 Å². The number of nitrogens with zero attached hydrogens (tertiary/aromatic N) is 1. The molecule has 4 nitrogen and oxygen atoms in total. The molecule has 0 radical (unpaired) electrons. The smallest absolute Gasteiger partial charge is 0.315 e. The second-order valence-electron chi connectivity index (χ2n) is 8.59. The first-order valence-electron chi connectivity index (χ1n) is 9.78. The van der Waals surface area contributed by atoms with Crippen molar-refractivity contribution >= 4 is 17.5 Å². The van der Waals surface area contributed by atoms with E-state index in [4.69, 9.17) is 9.73 Å². The molecule has 0 amide bonds. The summed E-state index contributed by atoms with van der Waals surface area (Å²) in [4.78, 5) is 30.7. The fraction of sp³-hybridized carbons (Fsp3) is 0.522. The Bertz CT molecular complexity index is 815. The number of aryl methyl sites for hydroxylation is 1. The zero-order valence-corrected chi connectivity index (χ0v) is 17.0. The summed E-state index contributed by atoms with van der Waals surface area (Å²) in [5.74, 6) is -1.03. The van der Waals surface area contributed by atoms with Gasteiger partial charge in [-0.05, 0) is 37.7 Å². The van der Waals surface area contributed by atoms with Crippen molar-refractivity contribution in [2.75, 3.05) is 6.61 Å². The molecule has 0 bridgehead atoms. The highest BCUT2D eigenvalue weighted by atomic mass is 16.5. The van der Waals surface area contributed by atoms with Gasteiger partial charge in [-0.25, -0.2) is 0 Å². The third-order valence-corrected chi connectivity index (χ3v) is 5.44. The van der Waals surface area contributed by atoms with Crippen molar-refractivity contribution in [2.24, 2.45) is 16.3 Å². The number of Topliss-reactive ketones (excluding diaryl/α,β-unsaturated/α-hetero) is 1. The molecular weight excluding hydrogens is 338 g/mol. The molecule has 0 saturated carbocycles. The van der Waals surface area contributed by atoms with Crippen LogP contribution in [0.15, 0.2) is 40.5 Å². The maximum absolute atomic E-state index is 13.1. The Morgan fingerprint density at radius 3 is 2.48 bits per heavy atom. The average Bonchev–Trinajstić information content (AvgIpc) is 2.58. The quantitative estimate of drug-likeness (QED) is 0.721. The zero-order valence-electron chi connectivity index (χ0n) is 17.0. The van der Waals surface area contributed by atoms with Crippen LogP contribution in [0.2, 0.25) is 0 Å². The Balaban J connectivity index is 2.12. The first kappa shape index (κ1) is 19.5. The number of aliphatic imine (C=N–C) groups is 1. The van der Waals surface area contributed by atoms with Crippen LogP contribution < -0.4 is 0 Å². The van der Waals surface area contributed by atoms with Gasteiger partial charge in [-0.15, -0.1) is 0 Å². The highest BCUT2D eigenvalue weighted by Gasteiger charge is 2.45. The van der Waals surface area contributed by atoms with Crippen LogP contribution in [-0.4, -0.2) is 24.1 Å². The molecule has 144 valence electrons. The summed E-state index contributed by atoms with van der Waals surface area (Å²) in [7, 11) is 0. The van der Waals surface area contributed by atoms with E-state index in [-0.39, 0.29) is 23.1 Å². The summed E-state index contributed by atoms with van der Waals surface area (Å²) >= 11 is 0. The van der Waals surface area contributed by atoms with Crippen molar-refractivity contribution in [2.45, 2.75) is 59.8 Å². The lowest BCUT2D eigenvalue weighted by molar-refractivity contribution is -0.146. The van der Waals surface area contributed by atoms with Crippen molar-refractivity contribution in [1.29, 1.82) is 0 Å². The van der Waals surface area contributed by atoms with E-state index < -0.39 is 5.92 Å². The SMILES string of the molecule is CCCOC(=O)C1C(C)=NC2=C(C(=O)CC(C)(C)C2)[C@@H]1c1ccc(C)cc1. The van der Waals surface area contributed by atoms with Gasteiger partial charge in [0.05, 0.1) is 6.61 Å². The monoisotopic (exact) mass is 367 g/mol. The molecular formula is C23H29NO3. The predicted molar refractivity (Wildman–Crippen MR) is 107 cm³/mol. The molecule has 1 unspecified atom stereocenters. The lowest BCUT2D eigenvalue weighted by atomic mass is 9.67. The number of ether oxygens (including phenoxy) is 1. The number of allylic oxidation sites excluding steroid dienone is 2. The molecule has 0 spiro atoms. The first-order chi connectivity index (χ1) is 12.7. The summed E-state index contributed by atoms with van der Waals surface area (Å²) in [5, 5.41) is 0. The van der Waals surface area contributed by atoms with Crippen LogP contribution in [0, 0.1) is 18.3 Å². The topological polar surface area (TPSA) is 55.7 Å². The molecule has 1 aromatic carbocycles. The van der Waals surface area contributed by atoms with Gasteiger partial charge >= 0.3 is 5.97 Å². The Morgan fingerprint density at radius 1 is 1.19 bits per heavy atom. The number of hydrogen-bond donors (Lipinski definition) is 0. The van der Waals surface area contributed by atoms with Crippen molar-refractivity contribution in [3.63, 3.8) is 0 Å². The second-order valence-corrected chi connectivity index (χ2v) is 8.59. The van der Waals surface area contributed by atoms with Gasteiger partial charge in [0.25, 0.3) is 0 Å². The summed E-state index contributed by atoms with van der Waals surface area (Å²) in [5.41, 5.74) is 4.32. The number of carbonyl (C=O) groups excluding carboxylic acids is 2. The number of hydrogen-bond acceptors (Lipinski definition) is 4. The molecule has 1 aliphatic heterocycles. The van der Waals surface area contributed by atoms with Crippen LogP contribution in [0.4, 0.5) is 0 Å². The Labute approximate surface area is 161 Å². The van der Waals surface area contributed by atoms with Crippen molar-refractivity contribution in [3.05, 3.63) is 46.7 Å². The normalized spacial score (nSPS) is 24.3. The molecule has 1 aromatic rings. The van der Waals surface area contributed by atoms with Gasteiger partial charge in [-0.1, -0.05) is 50.6 Å². The van der Waals surface area contributed by atoms with Crippen LogP contribution in [-0.2, 0) is 14.3 Å². The van der Waals surface area contributed by atoms with Gasteiger partial charge in [0.15, 0.2) is 5.78 Å². The van der Waals surface area contributed by atoms with E-state index >= 15 is 0 Å². The van der Waals surface area contributed by atoms with Crippen LogP contribution in [0.25, 0.3) is 0 Å². The maximum Gasteiger partial charge on any atom is 0.315 e. The molecule has 3 rings (SSSR count). The third-order valence-electron chi connectivity index (χ3n) is 5.44. The summed E-state index contributed by atoms with van der Waals surface area (Å²) in [6, 6.07) is 8.11. The lowest BCUT2D eigenvalue weighted by Crippen LogP contribution is -2.39. The van der Waals surface area contributed by atoms with E-state index in [0.29, 0.717) is 18.6 Å². The van der Waals surface area contributed by atoms with Gasteiger partial charge in [0, 0.05) is 29.3 Å². The van der Waals surface area contributed by atoms with E-state index in [9.17, 15) is 9.59 Å². The molecule has 0 fully saturated rings. The molecule has 1 heterocycles. The van der Waals surface area contributed by atoms with Crippen molar-refractivity contribution < 1.29 is 14.3 Å². The average molecular weight is 367 g/mol. The Hall–Kier alpha value is -2.23. The van der Waals surface area contributed by atoms with Crippen LogP contribution in [0.5, 0.6) is 0 Å². The molecule has 27 heavy (non-hydrogen) atoms. The van der Waals surface area contributed by atoms with Gasteiger partial charge < -0.3 is 4.74 Å². The first-order valence-corrected chi connectivity index (χ1v) is 9.78. The number of rotatable bonds is 4. The highest BCUT2D eigenvalue weighted by Crippen LogP contribution is 2.47. The molecule has 0 aromatic heterocycles. The van der Waals surface area contributed by atoms with E-state index in [1.807, 2.05) is 45.0 Å². The van der Waals surface area contributed by atoms with Gasteiger partial charge in [-0.2, -0.15) is 0 Å². The maximum atomic E-state index is 13.1.